The summed E-state index contributed by atoms with van der Waals surface area (Å²) >= 11 is 0. The van der Waals surface area contributed by atoms with Crippen LogP contribution in [0.5, 0.6) is 0 Å². The average molecular weight is 214 g/mol. The summed E-state index contributed by atoms with van der Waals surface area (Å²) in [4.78, 5) is 0. The van der Waals surface area contributed by atoms with E-state index in [2.05, 4.69) is 5.32 Å². The lowest BCUT2D eigenvalue weighted by molar-refractivity contribution is 1.51. The van der Waals surface area contributed by atoms with Crippen LogP contribution >= 0.6 is 17.0 Å². The summed E-state index contributed by atoms with van der Waals surface area (Å²) < 4.78 is 0. The molecule has 0 spiro atoms. The molecule has 1 N–H and O–H groups in total. The van der Waals surface area contributed by atoms with Crippen molar-refractivity contribution < 1.29 is 0 Å². The van der Waals surface area contributed by atoms with Crippen molar-refractivity contribution >= 4 is 45.7 Å². The molecule has 0 saturated carbocycles. The number of para-hydroxylation sites is 1. The maximum atomic E-state index is 3.03. The van der Waals surface area contributed by atoms with E-state index in [0.29, 0.717) is 0 Å². The monoisotopic (exact) mass is 213 g/mol. The molecule has 0 aliphatic rings. The smallest absolute Gasteiger partial charge is 0.316 e. The quantitative estimate of drug-likeness (QED) is 0.697. The predicted octanol–water partition coefficient (Wildman–Crippen LogP) is 1.39. The Balaban J connectivity index is 0. The molecule has 0 radical (unpaired) electrons. The summed E-state index contributed by atoms with van der Waals surface area (Å²) in [7, 11) is 1.91. The Hall–Kier alpha value is 0.266. The number of hydrogen-bond acceptors (Lipinski definition) is 1. The van der Waals surface area contributed by atoms with Gasteiger partial charge in [0.15, 0.2) is 0 Å². The second kappa shape index (κ2) is 7.37. The number of rotatable bonds is 1. The van der Waals surface area contributed by atoms with Crippen molar-refractivity contribution in [3.05, 3.63) is 30.3 Å². The van der Waals surface area contributed by atoms with E-state index in [0.717, 1.165) is 5.69 Å². The van der Waals surface area contributed by atoms with E-state index >= 15 is 0 Å². The van der Waals surface area contributed by atoms with Crippen molar-refractivity contribution in [2.45, 2.75) is 0 Å². The summed E-state index contributed by atoms with van der Waals surface area (Å²) in [6.45, 7) is 0. The first-order valence-electron chi connectivity index (χ1n) is 2.66. The molecule has 1 rings (SSSR count). The van der Waals surface area contributed by atoms with Gasteiger partial charge in [0, 0.05) is 12.7 Å². The predicted molar refractivity (Wildman–Crippen MR) is 54.9 cm³/mol. The van der Waals surface area contributed by atoms with Crippen molar-refractivity contribution in [3.8, 4) is 0 Å². The summed E-state index contributed by atoms with van der Waals surface area (Å²) in [5, 5.41) is 3.03. The van der Waals surface area contributed by atoms with Crippen molar-refractivity contribution in [2.24, 2.45) is 0 Å². The van der Waals surface area contributed by atoms with Gasteiger partial charge in [-0.1, -0.05) is 18.2 Å². The van der Waals surface area contributed by atoms with Crippen molar-refractivity contribution in [2.75, 3.05) is 12.4 Å². The Morgan fingerprint density at radius 3 is 1.90 bits per heavy atom. The normalized spacial score (nSPS) is 6.90. The van der Waals surface area contributed by atoms with E-state index in [-0.39, 0.29) is 40.0 Å². The average Bonchev–Trinajstić information content (AvgIpc) is 1.90. The maximum absolute atomic E-state index is 3.03. The van der Waals surface area contributed by atoms with Crippen LogP contribution in [0, 0.1) is 0 Å². The number of benzene rings is 1. The van der Waals surface area contributed by atoms with Gasteiger partial charge in [-0.25, -0.2) is 0 Å². The van der Waals surface area contributed by atoms with Gasteiger partial charge in [0.2, 0.25) is 0 Å². The van der Waals surface area contributed by atoms with Crippen LogP contribution in [0.2, 0.25) is 0 Å². The third kappa shape index (κ3) is 4.14. The largest absolute Gasteiger partial charge is 0.388 e. The molecule has 1 aromatic carbocycles. The van der Waals surface area contributed by atoms with Crippen LogP contribution in [0.25, 0.3) is 0 Å². The van der Waals surface area contributed by atoms with Gasteiger partial charge in [0.1, 0.15) is 0 Å². The molecule has 1 nitrogen and oxygen atoms in total. The molecular formula is C7H12BrMgN. The van der Waals surface area contributed by atoms with Crippen LogP contribution in [0.4, 0.5) is 5.69 Å². The van der Waals surface area contributed by atoms with Crippen molar-refractivity contribution in [1.82, 2.24) is 0 Å². The highest BCUT2D eigenvalue weighted by atomic mass is 79.9. The van der Waals surface area contributed by atoms with E-state index in [9.17, 15) is 0 Å². The van der Waals surface area contributed by atoms with E-state index in [1.807, 2.05) is 37.4 Å². The lowest BCUT2D eigenvalue weighted by Gasteiger charge is -1.94. The third-order valence-electron chi connectivity index (χ3n) is 1.06. The first kappa shape index (κ1) is 12.9. The Kier molecular flexibility index (Phi) is 9.51. The van der Waals surface area contributed by atoms with Gasteiger partial charge < -0.3 is 5.32 Å². The summed E-state index contributed by atoms with van der Waals surface area (Å²) in [5.41, 5.74) is 1.16. The number of anilines is 1. The molecule has 0 aromatic heterocycles. The van der Waals surface area contributed by atoms with Gasteiger partial charge in [-0.2, -0.15) is 0 Å². The molecule has 0 atom stereocenters. The number of halogens is 1. The molecule has 0 amide bonds. The first-order chi connectivity index (χ1) is 3.93. The molecule has 0 aliphatic heterocycles. The standard InChI is InChI=1S/C7H9N.BrH.Mg.2H/c1-8-7-5-3-2-4-6-7;;;;/h2-6,8H,1H3;1H;;;. The van der Waals surface area contributed by atoms with Crippen molar-refractivity contribution in [1.29, 1.82) is 0 Å². The first-order valence-corrected chi connectivity index (χ1v) is 2.66. The van der Waals surface area contributed by atoms with E-state index in [1.165, 1.54) is 0 Å². The van der Waals surface area contributed by atoms with Crippen LogP contribution in [-0.2, 0) is 0 Å². The molecule has 54 valence electrons. The van der Waals surface area contributed by atoms with Crippen molar-refractivity contribution in [3.63, 3.8) is 0 Å². The van der Waals surface area contributed by atoms with Crippen LogP contribution in [0.15, 0.2) is 30.3 Å². The van der Waals surface area contributed by atoms with Gasteiger partial charge >= 0.3 is 23.1 Å². The third-order valence-corrected chi connectivity index (χ3v) is 1.06. The fourth-order valence-corrected chi connectivity index (χ4v) is 0.605. The molecule has 0 heterocycles. The van der Waals surface area contributed by atoms with Gasteiger partial charge in [-0.05, 0) is 12.1 Å². The molecule has 1 aromatic rings. The molecule has 0 saturated heterocycles. The molecule has 0 bridgehead atoms. The van der Waals surface area contributed by atoms with Crippen LogP contribution in [-0.4, -0.2) is 30.1 Å². The van der Waals surface area contributed by atoms with Crippen LogP contribution in [0.1, 0.15) is 0 Å². The summed E-state index contributed by atoms with van der Waals surface area (Å²) in [6, 6.07) is 10.1. The molecule has 0 aliphatic carbocycles. The van der Waals surface area contributed by atoms with Gasteiger partial charge in [0.05, 0.1) is 0 Å². The number of hydrogen-bond donors (Lipinski definition) is 1. The zero-order chi connectivity index (χ0) is 5.82. The highest BCUT2D eigenvalue weighted by molar-refractivity contribution is 8.93. The summed E-state index contributed by atoms with van der Waals surface area (Å²) in [6.07, 6.45) is 0. The molecule has 3 heteroatoms. The van der Waals surface area contributed by atoms with Crippen LogP contribution < -0.4 is 5.32 Å². The maximum Gasteiger partial charge on any atom is 0.316 e. The summed E-state index contributed by atoms with van der Waals surface area (Å²) in [5.74, 6) is 0. The van der Waals surface area contributed by atoms with Gasteiger partial charge in [-0.15, -0.1) is 17.0 Å². The fourth-order valence-electron chi connectivity index (χ4n) is 0.605. The highest BCUT2D eigenvalue weighted by Crippen LogP contribution is 2.01. The van der Waals surface area contributed by atoms with Gasteiger partial charge in [-0.3, -0.25) is 0 Å². The highest BCUT2D eigenvalue weighted by Gasteiger charge is 1.77. The zero-order valence-corrected chi connectivity index (χ0v) is 7.01. The molecule has 0 unspecified atom stereocenters. The SMILES string of the molecule is Br.CNc1ccccc1.[MgH2]. The fraction of sp³-hybridized carbons (Fsp3) is 0.143. The topological polar surface area (TPSA) is 12.0 Å². The minimum Gasteiger partial charge on any atom is -0.388 e. The Morgan fingerprint density at radius 1 is 1.10 bits per heavy atom. The molecule has 10 heavy (non-hydrogen) atoms. The molecular weight excluding hydrogens is 202 g/mol. The Labute approximate surface area is 88.1 Å². The second-order valence-corrected chi connectivity index (χ2v) is 1.62. The Bertz CT molecular complexity index is 155. The Morgan fingerprint density at radius 2 is 1.60 bits per heavy atom. The minimum atomic E-state index is 0. The zero-order valence-electron chi connectivity index (χ0n) is 5.29. The van der Waals surface area contributed by atoms with E-state index < -0.39 is 0 Å². The lowest BCUT2D eigenvalue weighted by atomic mass is 10.3. The van der Waals surface area contributed by atoms with E-state index in [1.54, 1.807) is 0 Å². The van der Waals surface area contributed by atoms with Gasteiger partial charge in [0.25, 0.3) is 0 Å². The number of nitrogens with one attached hydrogen (secondary N) is 1. The van der Waals surface area contributed by atoms with E-state index in [4.69, 9.17) is 0 Å². The lowest BCUT2D eigenvalue weighted by Crippen LogP contribution is -1.84. The van der Waals surface area contributed by atoms with Crippen LogP contribution in [0.3, 0.4) is 0 Å². The minimum absolute atomic E-state index is 0. The second-order valence-electron chi connectivity index (χ2n) is 1.62. The molecule has 0 fully saturated rings.